The van der Waals surface area contributed by atoms with Gasteiger partial charge in [-0.25, -0.2) is 4.98 Å². The van der Waals surface area contributed by atoms with E-state index >= 15 is 0 Å². The predicted octanol–water partition coefficient (Wildman–Crippen LogP) is -0.0373. The standard InChI is InChI=1S/C8H14N4OS/c1-9-4-7-5-12(2-3-13-7)8-10-6-11-14-8/h6-7,9H,2-5H2,1H3. The summed E-state index contributed by atoms with van der Waals surface area (Å²) in [6, 6.07) is 0. The SMILES string of the molecule is CNCC1CN(c2ncns2)CCO1. The van der Waals surface area contributed by atoms with Crippen LogP contribution in [0, 0.1) is 0 Å². The molecular formula is C8H14N4OS. The Morgan fingerprint density at radius 1 is 1.79 bits per heavy atom. The summed E-state index contributed by atoms with van der Waals surface area (Å²) in [5.41, 5.74) is 0. The molecule has 0 spiro atoms. The van der Waals surface area contributed by atoms with Gasteiger partial charge in [-0.05, 0) is 7.05 Å². The summed E-state index contributed by atoms with van der Waals surface area (Å²) in [4.78, 5) is 6.42. The monoisotopic (exact) mass is 214 g/mol. The summed E-state index contributed by atoms with van der Waals surface area (Å²) in [5, 5.41) is 4.11. The zero-order valence-corrected chi connectivity index (χ0v) is 8.96. The summed E-state index contributed by atoms with van der Waals surface area (Å²) >= 11 is 1.44. The van der Waals surface area contributed by atoms with Crippen molar-refractivity contribution in [2.45, 2.75) is 6.10 Å². The lowest BCUT2D eigenvalue weighted by molar-refractivity contribution is 0.0421. The molecule has 78 valence electrons. The van der Waals surface area contributed by atoms with Crippen molar-refractivity contribution < 1.29 is 4.74 Å². The Hall–Kier alpha value is -0.720. The minimum Gasteiger partial charge on any atom is -0.373 e. The molecule has 1 aromatic rings. The van der Waals surface area contributed by atoms with Crippen molar-refractivity contribution in [1.29, 1.82) is 0 Å². The van der Waals surface area contributed by atoms with E-state index in [0.29, 0.717) is 0 Å². The lowest BCUT2D eigenvalue weighted by Gasteiger charge is -2.32. The number of hydrogen-bond donors (Lipinski definition) is 1. The van der Waals surface area contributed by atoms with E-state index in [1.165, 1.54) is 11.5 Å². The molecule has 0 amide bonds. The third-order valence-electron chi connectivity index (χ3n) is 2.19. The Bertz CT molecular complexity index is 264. The fourth-order valence-electron chi connectivity index (χ4n) is 1.55. The Balaban J connectivity index is 1.94. The molecule has 1 saturated heterocycles. The van der Waals surface area contributed by atoms with Gasteiger partial charge in [0.15, 0.2) is 0 Å². The maximum absolute atomic E-state index is 5.60. The quantitative estimate of drug-likeness (QED) is 0.765. The number of likely N-dealkylation sites (N-methyl/N-ethyl adjacent to an activating group) is 1. The average molecular weight is 214 g/mol. The smallest absolute Gasteiger partial charge is 0.205 e. The number of aromatic nitrogens is 2. The van der Waals surface area contributed by atoms with Crippen molar-refractivity contribution >= 4 is 16.7 Å². The second-order valence-electron chi connectivity index (χ2n) is 3.22. The topological polar surface area (TPSA) is 50.3 Å². The van der Waals surface area contributed by atoms with Gasteiger partial charge in [-0.3, -0.25) is 0 Å². The molecule has 0 saturated carbocycles. The van der Waals surface area contributed by atoms with Gasteiger partial charge in [-0.1, -0.05) is 0 Å². The molecule has 1 unspecified atom stereocenters. The van der Waals surface area contributed by atoms with E-state index in [0.717, 1.165) is 31.4 Å². The van der Waals surface area contributed by atoms with Crippen LogP contribution in [0.4, 0.5) is 5.13 Å². The summed E-state index contributed by atoms with van der Waals surface area (Å²) in [5.74, 6) is 0. The van der Waals surface area contributed by atoms with Gasteiger partial charge in [0.05, 0.1) is 12.7 Å². The number of ether oxygens (including phenoxy) is 1. The number of rotatable bonds is 3. The number of nitrogens with zero attached hydrogens (tertiary/aromatic N) is 3. The van der Waals surface area contributed by atoms with E-state index in [2.05, 4.69) is 19.6 Å². The molecule has 1 N–H and O–H groups in total. The molecule has 5 nitrogen and oxygen atoms in total. The largest absolute Gasteiger partial charge is 0.373 e. The fourth-order valence-corrected chi connectivity index (χ4v) is 2.12. The highest BCUT2D eigenvalue weighted by Crippen LogP contribution is 2.17. The van der Waals surface area contributed by atoms with Crippen LogP contribution in [0.15, 0.2) is 6.33 Å². The molecule has 6 heteroatoms. The van der Waals surface area contributed by atoms with Gasteiger partial charge in [0.2, 0.25) is 5.13 Å². The van der Waals surface area contributed by atoms with E-state index in [1.807, 2.05) is 7.05 Å². The van der Waals surface area contributed by atoms with Crippen LogP contribution in [-0.4, -0.2) is 48.8 Å². The van der Waals surface area contributed by atoms with Crippen LogP contribution in [-0.2, 0) is 4.74 Å². The molecule has 0 bridgehead atoms. The Morgan fingerprint density at radius 3 is 3.43 bits per heavy atom. The van der Waals surface area contributed by atoms with E-state index in [-0.39, 0.29) is 6.10 Å². The molecular weight excluding hydrogens is 200 g/mol. The van der Waals surface area contributed by atoms with Gasteiger partial charge in [0.25, 0.3) is 0 Å². The van der Waals surface area contributed by atoms with Crippen LogP contribution in [0.3, 0.4) is 0 Å². The molecule has 0 radical (unpaired) electrons. The van der Waals surface area contributed by atoms with E-state index in [1.54, 1.807) is 6.33 Å². The molecule has 14 heavy (non-hydrogen) atoms. The van der Waals surface area contributed by atoms with Gasteiger partial charge >= 0.3 is 0 Å². The normalized spacial score (nSPS) is 22.6. The van der Waals surface area contributed by atoms with Crippen LogP contribution in [0.5, 0.6) is 0 Å². The first-order chi connectivity index (χ1) is 6.90. The summed E-state index contributed by atoms with van der Waals surface area (Å²) < 4.78 is 9.60. The van der Waals surface area contributed by atoms with E-state index in [4.69, 9.17) is 4.74 Å². The molecule has 1 aliphatic heterocycles. The zero-order chi connectivity index (χ0) is 9.80. The molecule has 1 atom stereocenters. The molecule has 1 fully saturated rings. The average Bonchev–Trinajstić information content (AvgIpc) is 2.71. The number of anilines is 1. The van der Waals surface area contributed by atoms with Crippen LogP contribution < -0.4 is 10.2 Å². The second kappa shape index (κ2) is 4.68. The van der Waals surface area contributed by atoms with Crippen LogP contribution in [0.25, 0.3) is 0 Å². The van der Waals surface area contributed by atoms with Crippen LogP contribution in [0.2, 0.25) is 0 Å². The first-order valence-electron chi connectivity index (χ1n) is 4.68. The molecule has 0 aliphatic carbocycles. The van der Waals surface area contributed by atoms with Crippen LogP contribution >= 0.6 is 11.5 Å². The summed E-state index contributed by atoms with van der Waals surface area (Å²) in [6.07, 6.45) is 1.86. The highest BCUT2D eigenvalue weighted by molar-refractivity contribution is 7.09. The maximum Gasteiger partial charge on any atom is 0.205 e. The van der Waals surface area contributed by atoms with E-state index < -0.39 is 0 Å². The predicted molar refractivity (Wildman–Crippen MR) is 55.8 cm³/mol. The summed E-state index contributed by atoms with van der Waals surface area (Å²) in [6.45, 7) is 3.46. The highest BCUT2D eigenvalue weighted by atomic mass is 32.1. The van der Waals surface area contributed by atoms with Crippen molar-refractivity contribution in [3.63, 3.8) is 0 Å². The van der Waals surface area contributed by atoms with Crippen molar-refractivity contribution in [3.05, 3.63) is 6.33 Å². The Labute approximate surface area is 87.3 Å². The highest BCUT2D eigenvalue weighted by Gasteiger charge is 2.21. The third kappa shape index (κ3) is 2.20. The zero-order valence-electron chi connectivity index (χ0n) is 8.14. The first kappa shape index (κ1) is 9.82. The third-order valence-corrected chi connectivity index (χ3v) is 2.92. The molecule has 1 aromatic heterocycles. The van der Waals surface area contributed by atoms with Crippen molar-refractivity contribution in [1.82, 2.24) is 14.7 Å². The molecule has 0 aromatic carbocycles. The Morgan fingerprint density at radius 2 is 2.71 bits per heavy atom. The van der Waals surface area contributed by atoms with E-state index in [9.17, 15) is 0 Å². The first-order valence-corrected chi connectivity index (χ1v) is 5.45. The van der Waals surface area contributed by atoms with Crippen molar-refractivity contribution in [2.75, 3.05) is 38.2 Å². The fraction of sp³-hybridized carbons (Fsp3) is 0.750. The number of nitrogens with one attached hydrogen (secondary N) is 1. The maximum atomic E-state index is 5.60. The molecule has 2 heterocycles. The summed E-state index contributed by atoms with van der Waals surface area (Å²) in [7, 11) is 1.94. The van der Waals surface area contributed by atoms with Gasteiger partial charge < -0.3 is 15.0 Å². The lowest BCUT2D eigenvalue weighted by Crippen LogP contribution is -2.46. The van der Waals surface area contributed by atoms with Gasteiger partial charge in [0, 0.05) is 31.2 Å². The minimum atomic E-state index is 0.262. The number of morpholine rings is 1. The van der Waals surface area contributed by atoms with Crippen molar-refractivity contribution in [3.8, 4) is 0 Å². The minimum absolute atomic E-state index is 0.262. The van der Waals surface area contributed by atoms with Crippen molar-refractivity contribution in [2.24, 2.45) is 0 Å². The van der Waals surface area contributed by atoms with Gasteiger partial charge in [0.1, 0.15) is 6.33 Å². The van der Waals surface area contributed by atoms with Crippen LogP contribution in [0.1, 0.15) is 0 Å². The molecule has 1 aliphatic rings. The Kier molecular flexibility index (Phi) is 3.28. The second-order valence-corrected chi connectivity index (χ2v) is 3.98. The van der Waals surface area contributed by atoms with Gasteiger partial charge in [-0.15, -0.1) is 0 Å². The van der Waals surface area contributed by atoms with Gasteiger partial charge in [-0.2, -0.15) is 4.37 Å². The lowest BCUT2D eigenvalue weighted by atomic mass is 10.3. The number of hydrogen-bond acceptors (Lipinski definition) is 6. The molecule has 2 rings (SSSR count).